The molecule has 1 aromatic heterocycles. The van der Waals surface area contributed by atoms with Crippen molar-refractivity contribution in [2.45, 2.75) is 39.3 Å². The molecule has 0 aliphatic carbocycles. The van der Waals surface area contributed by atoms with Gasteiger partial charge in [-0.05, 0) is 6.92 Å². The number of hydrogen-bond donors (Lipinski definition) is 1. The molecule has 2 nitrogen and oxygen atoms in total. The molecular formula is C11H18N2S. The van der Waals surface area contributed by atoms with Gasteiger partial charge in [0.1, 0.15) is 0 Å². The topological polar surface area (TPSA) is 24.9 Å². The van der Waals surface area contributed by atoms with Gasteiger partial charge in [-0.2, -0.15) is 0 Å². The molecular weight excluding hydrogens is 192 g/mol. The fourth-order valence-electron chi connectivity index (χ4n) is 1.02. The quantitative estimate of drug-likeness (QED) is 0.756. The van der Waals surface area contributed by atoms with Crippen molar-refractivity contribution in [3.63, 3.8) is 0 Å². The van der Waals surface area contributed by atoms with Gasteiger partial charge in [0.15, 0.2) is 0 Å². The summed E-state index contributed by atoms with van der Waals surface area (Å²) in [5, 5.41) is 6.67. The van der Waals surface area contributed by atoms with Gasteiger partial charge in [0.25, 0.3) is 0 Å². The first-order valence-electron chi connectivity index (χ1n) is 4.93. The molecule has 14 heavy (non-hydrogen) atoms. The molecule has 1 atom stereocenters. The second kappa shape index (κ2) is 5.27. The van der Waals surface area contributed by atoms with E-state index < -0.39 is 0 Å². The van der Waals surface area contributed by atoms with Crippen LogP contribution in [0.25, 0.3) is 0 Å². The molecule has 0 saturated carbocycles. The molecule has 0 aromatic carbocycles. The van der Waals surface area contributed by atoms with Gasteiger partial charge >= 0.3 is 0 Å². The van der Waals surface area contributed by atoms with Crippen LogP contribution in [0.5, 0.6) is 0 Å². The summed E-state index contributed by atoms with van der Waals surface area (Å²) in [4.78, 5) is 4.54. The Morgan fingerprint density at radius 3 is 2.79 bits per heavy atom. The van der Waals surface area contributed by atoms with E-state index in [1.807, 2.05) is 6.08 Å². The molecule has 78 valence electrons. The first-order chi connectivity index (χ1) is 6.63. The van der Waals surface area contributed by atoms with Gasteiger partial charge in [0.2, 0.25) is 0 Å². The van der Waals surface area contributed by atoms with Crippen LogP contribution in [0, 0.1) is 0 Å². The highest BCUT2D eigenvalue weighted by atomic mass is 32.1. The Hall–Kier alpha value is -0.670. The average molecular weight is 210 g/mol. The van der Waals surface area contributed by atoms with Crippen LogP contribution in [-0.2, 0) is 6.54 Å². The Morgan fingerprint density at radius 2 is 2.29 bits per heavy atom. The minimum absolute atomic E-state index is 0.346. The highest BCUT2D eigenvalue weighted by Crippen LogP contribution is 2.18. The lowest BCUT2D eigenvalue weighted by atomic mass is 10.2. The summed E-state index contributed by atoms with van der Waals surface area (Å²) in [6, 6.07) is 0.346. The number of rotatable bonds is 5. The van der Waals surface area contributed by atoms with Crippen molar-refractivity contribution in [1.29, 1.82) is 0 Å². The van der Waals surface area contributed by atoms with Crippen LogP contribution in [0.2, 0.25) is 0 Å². The standard InChI is InChI=1S/C11H18N2S/c1-5-9(4)12-6-10-7-14-11(13-10)8(2)3/h5,7-9,12H,1,6H2,2-4H3. The Balaban J connectivity index is 2.47. The second-order valence-corrected chi connectivity index (χ2v) is 4.63. The molecule has 0 radical (unpaired) electrons. The predicted molar refractivity (Wildman–Crippen MR) is 62.7 cm³/mol. The van der Waals surface area contributed by atoms with Crippen LogP contribution in [0.15, 0.2) is 18.0 Å². The lowest BCUT2D eigenvalue weighted by Gasteiger charge is -2.06. The molecule has 0 saturated heterocycles. The fraction of sp³-hybridized carbons (Fsp3) is 0.545. The van der Waals surface area contributed by atoms with Crippen molar-refractivity contribution in [3.05, 3.63) is 28.7 Å². The normalized spacial score (nSPS) is 13.1. The van der Waals surface area contributed by atoms with E-state index in [-0.39, 0.29) is 0 Å². The Morgan fingerprint density at radius 1 is 1.57 bits per heavy atom. The fourth-order valence-corrected chi connectivity index (χ4v) is 1.85. The molecule has 1 aromatic rings. The van der Waals surface area contributed by atoms with Crippen molar-refractivity contribution in [1.82, 2.24) is 10.3 Å². The molecule has 3 heteroatoms. The number of hydrogen-bond acceptors (Lipinski definition) is 3. The third-order valence-electron chi connectivity index (χ3n) is 2.02. The van der Waals surface area contributed by atoms with Gasteiger partial charge in [-0.25, -0.2) is 4.98 Å². The van der Waals surface area contributed by atoms with Crippen LogP contribution >= 0.6 is 11.3 Å². The first-order valence-corrected chi connectivity index (χ1v) is 5.81. The van der Waals surface area contributed by atoms with Gasteiger partial charge in [0.05, 0.1) is 10.7 Å². The third-order valence-corrected chi connectivity index (χ3v) is 3.22. The summed E-state index contributed by atoms with van der Waals surface area (Å²) in [5.74, 6) is 0.533. The maximum Gasteiger partial charge on any atom is 0.0954 e. The molecule has 1 heterocycles. The van der Waals surface area contributed by atoms with E-state index in [2.05, 4.69) is 43.0 Å². The molecule has 0 amide bonds. The first kappa shape index (κ1) is 11.4. The Bertz CT molecular complexity index is 291. The van der Waals surface area contributed by atoms with Crippen molar-refractivity contribution < 1.29 is 0 Å². The van der Waals surface area contributed by atoms with Crippen LogP contribution in [0.1, 0.15) is 37.4 Å². The monoisotopic (exact) mass is 210 g/mol. The summed E-state index contributed by atoms with van der Waals surface area (Å²) in [7, 11) is 0. The molecule has 0 fully saturated rings. The highest BCUT2D eigenvalue weighted by Gasteiger charge is 2.05. The zero-order valence-electron chi connectivity index (χ0n) is 9.08. The lowest BCUT2D eigenvalue weighted by molar-refractivity contribution is 0.624. The summed E-state index contributed by atoms with van der Waals surface area (Å²) in [6.45, 7) is 11.0. The predicted octanol–water partition coefficient (Wildman–Crippen LogP) is 2.93. The number of nitrogens with one attached hydrogen (secondary N) is 1. The SMILES string of the molecule is C=CC(C)NCc1csc(C(C)C)n1. The van der Waals surface area contributed by atoms with Gasteiger partial charge in [-0.1, -0.05) is 19.9 Å². The molecule has 0 aliphatic heterocycles. The van der Waals surface area contributed by atoms with Crippen LogP contribution in [-0.4, -0.2) is 11.0 Å². The second-order valence-electron chi connectivity index (χ2n) is 3.74. The maximum atomic E-state index is 4.54. The van der Waals surface area contributed by atoms with E-state index >= 15 is 0 Å². The molecule has 1 unspecified atom stereocenters. The largest absolute Gasteiger partial charge is 0.305 e. The van der Waals surface area contributed by atoms with Gasteiger partial charge in [-0.15, -0.1) is 17.9 Å². The number of aromatic nitrogens is 1. The average Bonchev–Trinajstić information content (AvgIpc) is 2.62. The molecule has 0 spiro atoms. The molecule has 0 bridgehead atoms. The zero-order chi connectivity index (χ0) is 10.6. The van der Waals surface area contributed by atoms with E-state index in [4.69, 9.17) is 0 Å². The summed E-state index contributed by atoms with van der Waals surface area (Å²) < 4.78 is 0. The molecule has 0 aliphatic rings. The minimum atomic E-state index is 0.346. The van der Waals surface area contributed by atoms with Crippen molar-refractivity contribution in [2.75, 3.05) is 0 Å². The summed E-state index contributed by atoms with van der Waals surface area (Å²) >= 11 is 1.74. The van der Waals surface area contributed by atoms with E-state index in [1.54, 1.807) is 11.3 Å². The lowest BCUT2D eigenvalue weighted by Crippen LogP contribution is -2.23. The maximum absolute atomic E-state index is 4.54. The number of nitrogens with zero attached hydrogens (tertiary/aromatic N) is 1. The van der Waals surface area contributed by atoms with E-state index in [9.17, 15) is 0 Å². The van der Waals surface area contributed by atoms with Crippen molar-refractivity contribution in [3.8, 4) is 0 Å². The summed E-state index contributed by atoms with van der Waals surface area (Å²) in [6.07, 6.45) is 1.90. The van der Waals surface area contributed by atoms with Crippen molar-refractivity contribution in [2.24, 2.45) is 0 Å². The van der Waals surface area contributed by atoms with Crippen LogP contribution in [0.4, 0.5) is 0 Å². The molecule has 1 N–H and O–H groups in total. The van der Waals surface area contributed by atoms with Crippen LogP contribution in [0.3, 0.4) is 0 Å². The summed E-state index contributed by atoms with van der Waals surface area (Å²) in [5.41, 5.74) is 1.13. The minimum Gasteiger partial charge on any atom is -0.305 e. The van der Waals surface area contributed by atoms with Gasteiger partial charge in [0, 0.05) is 23.9 Å². The van der Waals surface area contributed by atoms with Crippen LogP contribution < -0.4 is 5.32 Å². The van der Waals surface area contributed by atoms with Crippen molar-refractivity contribution >= 4 is 11.3 Å². The zero-order valence-corrected chi connectivity index (χ0v) is 9.90. The van der Waals surface area contributed by atoms with E-state index in [1.165, 1.54) is 5.01 Å². The van der Waals surface area contributed by atoms with Gasteiger partial charge < -0.3 is 5.32 Å². The van der Waals surface area contributed by atoms with E-state index in [0.717, 1.165) is 12.2 Å². The highest BCUT2D eigenvalue weighted by molar-refractivity contribution is 7.09. The Labute approximate surface area is 90.1 Å². The number of thiazole rings is 1. The Kier molecular flexibility index (Phi) is 4.29. The van der Waals surface area contributed by atoms with E-state index in [0.29, 0.717) is 12.0 Å². The third kappa shape index (κ3) is 3.24. The molecule has 1 rings (SSSR count). The smallest absolute Gasteiger partial charge is 0.0954 e. The van der Waals surface area contributed by atoms with Gasteiger partial charge in [-0.3, -0.25) is 0 Å².